The number of methoxy groups -OCH3 is 1. The molecule has 2 N–H and O–H groups in total. The Bertz CT molecular complexity index is 1430. The van der Waals surface area contributed by atoms with Crippen LogP contribution < -0.4 is 15.4 Å². The Morgan fingerprint density at radius 3 is 2.51 bits per heavy atom. The summed E-state index contributed by atoms with van der Waals surface area (Å²) >= 11 is 0. The minimum atomic E-state index is -0.348. The molecule has 0 atom stereocenters. The Labute approximate surface area is 228 Å². The lowest BCUT2D eigenvalue weighted by atomic mass is 9.90. The van der Waals surface area contributed by atoms with Crippen molar-refractivity contribution in [1.82, 2.24) is 24.8 Å². The zero-order valence-electron chi connectivity index (χ0n) is 22.7. The molecular formula is C30H35FN6O2. The van der Waals surface area contributed by atoms with Crippen LogP contribution in [0.15, 0.2) is 54.7 Å². The SMILES string of the molecule is COc1ccc(Cc2ncc3nc(Nc4ccccc4F)n(C4CCC(NC(=O)CC(C)C)CC4)c3n2)cc1. The second-order valence-corrected chi connectivity index (χ2v) is 10.6. The van der Waals surface area contributed by atoms with E-state index in [0.29, 0.717) is 41.7 Å². The molecule has 0 aliphatic heterocycles. The van der Waals surface area contributed by atoms with Crippen molar-refractivity contribution in [2.24, 2.45) is 5.92 Å². The highest BCUT2D eigenvalue weighted by Crippen LogP contribution is 2.35. The summed E-state index contributed by atoms with van der Waals surface area (Å²) in [6.07, 6.45) is 6.26. The van der Waals surface area contributed by atoms with Gasteiger partial charge in [0, 0.05) is 24.9 Å². The van der Waals surface area contributed by atoms with Gasteiger partial charge in [-0.05, 0) is 61.4 Å². The molecule has 2 aromatic heterocycles. The molecule has 2 heterocycles. The Morgan fingerprint density at radius 2 is 1.82 bits per heavy atom. The fraction of sp³-hybridized carbons (Fsp3) is 0.400. The fourth-order valence-corrected chi connectivity index (χ4v) is 5.19. The Hall–Kier alpha value is -4.01. The molecule has 39 heavy (non-hydrogen) atoms. The van der Waals surface area contributed by atoms with Gasteiger partial charge in [-0.3, -0.25) is 9.36 Å². The number of rotatable bonds is 9. The zero-order chi connectivity index (χ0) is 27.4. The highest BCUT2D eigenvalue weighted by atomic mass is 19.1. The second-order valence-electron chi connectivity index (χ2n) is 10.6. The Morgan fingerprint density at radius 1 is 1.08 bits per heavy atom. The number of imidazole rings is 1. The van der Waals surface area contributed by atoms with Gasteiger partial charge in [0.2, 0.25) is 11.9 Å². The van der Waals surface area contributed by atoms with Crippen LogP contribution in [0.1, 0.15) is 63.4 Å². The van der Waals surface area contributed by atoms with E-state index in [1.165, 1.54) is 6.07 Å². The van der Waals surface area contributed by atoms with Crippen LogP contribution in [0, 0.1) is 11.7 Å². The first-order valence-corrected chi connectivity index (χ1v) is 13.6. The standard InChI is InChI=1S/C30H35FN6O2/c1-19(2)16-28(38)33-21-10-12-22(13-11-21)37-29-26(35-30(37)34-25-7-5-4-6-24(25)31)18-32-27(36-29)17-20-8-14-23(39-3)15-9-20/h4-9,14-15,18-19,21-22H,10-13,16-17H2,1-3H3,(H,33,38)(H,34,35). The van der Waals surface area contributed by atoms with Crippen molar-refractivity contribution in [2.75, 3.05) is 12.4 Å². The predicted octanol–water partition coefficient (Wildman–Crippen LogP) is 5.95. The number of amides is 1. The summed E-state index contributed by atoms with van der Waals surface area (Å²) in [6, 6.07) is 14.7. The minimum absolute atomic E-state index is 0.103. The number of ether oxygens (including phenoxy) is 1. The van der Waals surface area contributed by atoms with Crippen LogP contribution in [-0.4, -0.2) is 38.6 Å². The summed E-state index contributed by atoms with van der Waals surface area (Å²) in [4.78, 5) is 26.6. The molecule has 8 nitrogen and oxygen atoms in total. The van der Waals surface area contributed by atoms with Crippen molar-refractivity contribution < 1.29 is 13.9 Å². The molecule has 9 heteroatoms. The molecule has 0 unspecified atom stereocenters. The third-order valence-electron chi connectivity index (χ3n) is 7.14. The highest BCUT2D eigenvalue weighted by molar-refractivity contribution is 5.77. The number of hydrogen-bond donors (Lipinski definition) is 2. The molecule has 204 valence electrons. The molecule has 4 aromatic rings. The van der Waals surface area contributed by atoms with Gasteiger partial charge in [0.1, 0.15) is 22.9 Å². The number of carbonyl (C=O) groups is 1. The van der Waals surface area contributed by atoms with Crippen molar-refractivity contribution in [1.29, 1.82) is 0 Å². The normalized spacial score (nSPS) is 17.4. The van der Waals surface area contributed by atoms with Crippen molar-refractivity contribution in [2.45, 2.75) is 64.5 Å². The van der Waals surface area contributed by atoms with Crippen LogP contribution in [0.3, 0.4) is 0 Å². The van der Waals surface area contributed by atoms with Crippen LogP contribution in [0.2, 0.25) is 0 Å². The second kappa shape index (κ2) is 11.8. The highest BCUT2D eigenvalue weighted by Gasteiger charge is 2.28. The van der Waals surface area contributed by atoms with Gasteiger partial charge < -0.3 is 15.4 Å². The van der Waals surface area contributed by atoms with E-state index in [-0.39, 0.29) is 23.8 Å². The van der Waals surface area contributed by atoms with E-state index >= 15 is 0 Å². The lowest BCUT2D eigenvalue weighted by Crippen LogP contribution is -2.38. The third kappa shape index (κ3) is 6.35. The monoisotopic (exact) mass is 530 g/mol. The van der Waals surface area contributed by atoms with Gasteiger partial charge in [0.25, 0.3) is 0 Å². The smallest absolute Gasteiger partial charge is 0.220 e. The average Bonchev–Trinajstić information content (AvgIpc) is 3.27. The molecule has 1 fully saturated rings. The predicted molar refractivity (Wildman–Crippen MR) is 150 cm³/mol. The lowest BCUT2D eigenvalue weighted by molar-refractivity contribution is -0.122. The minimum Gasteiger partial charge on any atom is -0.497 e. The van der Waals surface area contributed by atoms with Gasteiger partial charge in [0.05, 0.1) is 19.0 Å². The Kier molecular flexibility index (Phi) is 8.05. The van der Waals surface area contributed by atoms with Crippen molar-refractivity contribution in [3.8, 4) is 5.75 Å². The first-order valence-electron chi connectivity index (χ1n) is 13.6. The summed E-state index contributed by atoms with van der Waals surface area (Å²) in [7, 11) is 1.65. The third-order valence-corrected chi connectivity index (χ3v) is 7.14. The van der Waals surface area contributed by atoms with E-state index < -0.39 is 0 Å². The van der Waals surface area contributed by atoms with Crippen LogP contribution >= 0.6 is 0 Å². The molecule has 5 rings (SSSR count). The molecule has 0 saturated heterocycles. The van der Waals surface area contributed by atoms with E-state index in [4.69, 9.17) is 14.7 Å². The van der Waals surface area contributed by atoms with Gasteiger partial charge in [0.15, 0.2) is 5.65 Å². The fourth-order valence-electron chi connectivity index (χ4n) is 5.19. The summed E-state index contributed by atoms with van der Waals surface area (Å²) in [5, 5.41) is 6.40. The number of halogens is 1. The lowest BCUT2D eigenvalue weighted by Gasteiger charge is -2.31. The number of fused-ring (bicyclic) bond motifs is 1. The molecule has 0 bridgehead atoms. The van der Waals surface area contributed by atoms with E-state index in [1.54, 1.807) is 31.5 Å². The molecule has 0 spiro atoms. The van der Waals surface area contributed by atoms with Gasteiger partial charge >= 0.3 is 0 Å². The number of nitrogens with zero attached hydrogens (tertiary/aromatic N) is 4. The molecule has 0 radical (unpaired) electrons. The van der Waals surface area contributed by atoms with E-state index in [0.717, 1.165) is 42.6 Å². The van der Waals surface area contributed by atoms with Gasteiger partial charge in [-0.2, -0.15) is 0 Å². The van der Waals surface area contributed by atoms with Crippen LogP contribution in [0.25, 0.3) is 11.2 Å². The molecule has 1 aliphatic carbocycles. The topological polar surface area (TPSA) is 94.0 Å². The molecule has 1 saturated carbocycles. The van der Waals surface area contributed by atoms with Crippen LogP contribution in [-0.2, 0) is 11.2 Å². The summed E-state index contributed by atoms with van der Waals surface area (Å²) in [6.45, 7) is 4.10. The number of para-hydroxylation sites is 1. The van der Waals surface area contributed by atoms with E-state index in [1.807, 2.05) is 24.3 Å². The van der Waals surface area contributed by atoms with Gasteiger partial charge in [-0.1, -0.05) is 38.1 Å². The first-order chi connectivity index (χ1) is 18.9. The molecule has 1 amide bonds. The van der Waals surface area contributed by atoms with Crippen LogP contribution in [0.5, 0.6) is 5.75 Å². The maximum atomic E-state index is 14.6. The van der Waals surface area contributed by atoms with Crippen molar-refractivity contribution in [3.05, 3.63) is 71.9 Å². The summed E-state index contributed by atoms with van der Waals surface area (Å²) in [5.74, 6) is 2.11. The number of aromatic nitrogens is 4. The average molecular weight is 531 g/mol. The maximum Gasteiger partial charge on any atom is 0.220 e. The zero-order valence-corrected chi connectivity index (χ0v) is 22.7. The maximum absolute atomic E-state index is 14.6. The number of carbonyl (C=O) groups excluding carboxylic acids is 1. The summed E-state index contributed by atoms with van der Waals surface area (Å²) in [5.41, 5.74) is 2.80. The van der Waals surface area contributed by atoms with Gasteiger partial charge in [-0.25, -0.2) is 19.3 Å². The van der Waals surface area contributed by atoms with Crippen molar-refractivity contribution in [3.63, 3.8) is 0 Å². The first kappa shape index (κ1) is 26.6. The largest absolute Gasteiger partial charge is 0.497 e. The van der Waals surface area contributed by atoms with Crippen LogP contribution in [0.4, 0.5) is 16.0 Å². The Balaban J connectivity index is 1.43. The quantitative estimate of drug-likeness (QED) is 0.278. The molecular weight excluding hydrogens is 495 g/mol. The number of anilines is 2. The van der Waals surface area contributed by atoms with Gasteiger partial charge in [-0.15, -0.1) is 0 Å². The summed E-state index contributed by atoms with van der Waals surface area (Å²) < 4.78 is 21.9. The van der Waals surface area contributed by atoms with Crippen molar-refractivity contribution >= 4 is 28.7 Å². The molecule has 1 aliphatic rings. The number of hydrogen-bond acceptors (Lipinski definition) is 6. The molecule has 2 aromatic carbocycles. The number of nitrogens with one attached hydrogen (secondary N) is 2. The van der Waals surface area contributed by atoms with E-state index in [2.05, 4.69) is 34.0 Å². The van der Waals surface area contributed by atoms with E-state index in [9.17, 15) is 9.18 Å². The number of benzene rings is 2.